The number of aromatic nitrogens is 1. The Balaban J connectivity index is 2.24. The maximum atomic E-state index is 5.61. The summed E-state index contributed by atoms with van der Waals surface area (Å²) in [6, 6.07) is 8.44. The van der Waals surface area contributed by atoms with Crippen LogP contribution < -0.4 is 5.73 Å². The Labute approximate surface area is 136 Å². The highest BCUT2D eigenvalue weighted by Crippen LogP contribution is 2.28. The lowest BCUT2D eigenvalue weighted by Gasteiger charge is -2.20. The van der Waals surface area contributed by atoms with E-state index in [-0.39, 0.29) is 0 Å². The van der Waals surface area contributed by atoms with E-state index < -0.39 is 0 Å². The molecule has 0 aliphatic rings. The smallest absolute Gasteiger partial charge is 0.123 e. The average molecular weight is 313 g/mol. The molecular formula is C18H23N3S. The maximum Gasteiger partial charge on any atom is 0.123 e. The average Bonchev–Trinajstić information content (AvgIpc) is 2.97. The Morgan fingerprint density at radius 2 is 1.91 bits per heavy atom. The Hall–Kier alpha value is -1.75. The van der Waals surface area contributed by atoms with Gasteiger partial charge in [0.15, 0.2) is 0 Å². The number of hydrogen-bond donors (Lipinski definition) is 1. The zero-order valence-electron chi connectivity index (χ0n) is 12.9. The van der Waals surface area contributed by atoms with Crippen molar-refractivity contribution in [2.24, 2.45) is 5.73 Å². The summed E-state index contributed by atoms with van der Waals surface area (Å²) in [6.45, 7) is 10.8. The minimum atomic E-state index is 0.636. The molecule has 2 N–H and O–H groups in total. The monoisotopic (exact) mass is 313 g/mol. The predicted molar refractivity (Wildman–Crippen MR) is 96.0 cm³/mol. The van der Waals surface area contributed by atoms with Gasteiger partial charge in [0.1, 0.15) is 5.01 Å². The zero-order valence-corrected chi connectivity index (χ0v) is 13.7. The van der Waals surface area contributed by atoms with Gasteiger partial charge < -0.3 is 5.73 Å². The molecule has 1 aromatic heterocycles. The lowest BCUT2D eigenvalue weighted by molar-refractivity contribution is 0.328. The normalized spacial score (nSPS) is 10.8. The van der Waals surface area contributed by atoms with Crippen LogP contribution in [0.4, 0.5) is 0 Å². The van der Waals surface area contributed by atoms with E-state index in [0.29, 0.717) is 6.54 Å². The van der Waals surface area contributed by atoms with Gasteiger partial charge in [0.05, 0.1) is 5.69 Å². The van der Waals surface area contributed by atoms with Crippen LogP contribution in [0, 0.1) is 0 Å². The second-order valence-electron chi connectivity index (χ2n) is 5.11. The van der Waals surface area contributed by atoms with Crippen molar-refractivity contribution in [2.75, 3.05) is 19.6 Å². The lowest BCUT2D eigenvalue weighted by Crippen LogP contribution is -2.23. The zero-order chi connectivity index (χ0) is 15.8. The molecule has 0 spiro atoms. The van der Waals surface area contributed by atoms with Crippen molar-refractivity contribution in [3.05, 3.63) is 66.2 Å². The van der Waals surface area contributed by atoms with E-state index in [2.05, 4.69) is 47.7 Å². The van der Waals surface area contributed by atoms with Crippen LogP contribution in [0.1, 0.15) is 11.3 Å². The molecule has 0 saturated heterocycles. The summed E-state index contributed by atoms with van der Waals surface area (Å²) in [4.78, 5) is 7.01. The lowest BCUT2D eigenvalue weighted by atomic mass is 10.1. The van der Waals surface area contributed by atoms with Crippen LogP contribution in [0.2, 0.25) is 0 Å². The van der Waals surface area contributed by atoms with Gasteiger partial charge in [0, 0.05) is 37.0 Å². The van der Waals surface area contributed by atoms with Crippen LogP contribution in [0.25, 0.3) is 10.6 Å². The van der Waals surface area contributed by atoms with E-state index >= 15 is 0 Å². The molecule has 22 heavy (non-hydrogen) atoms. The number of benzene rings is 1. The highest BCUT2D eigenvalue weighted by molar-refractivity contribution is 7.13. The number of hydrogen-bond acceptors (Lipinski definition) is 4. The molecule has 0 bridgehead atoms. The van der Waals surface area contributed by atoms with Crippen molar-refractivity contribution in [2.45, 2.75) is 13.0 Å². The van der Waals surface area contributed by atoms with Crippen LogP contribution in [0.15, 0.2) is 55.0 Å². The molecule has 0 aliphatic carbocycles. The van der Waals surface area contributed by atoms with Crippen molar-refractivity contribution >= 4 is 11.3 Å². The van der Waals surface area contributed by atoms with Crippen LogP contribution in [-0.4, -0.2) is 29.5 Å². The second-order valence-corrected chi connectivity index (χ2v) is 5.97. The second kappa shape index (κ2) is 8.63. The van der Waals surface area contributed by atoms with Crippen molar-refractivity contribution in [3.8, 4) is 10.6 Å². The van der Waals surface area contributed by atoms with Gasteiger partial charge in [0.2, 0.25) is 0 Å². The Morgan fingerprint density at radius 3 is 2.59 bits per heavy atom. The topological polar surface area (TPSA) is 42.2 Å². The van der Waals surface area contributed by atoms with Gasteiger partial charge in [-0.15, -0.1) is 24.5 Å². The molecule has 0 amide bonds. The third-order valence-electron chi connectivity index (χ3n) is 3.37. The van der Waals surface area contributed by atoms with Gasteiger partial charge in [-0.2, -0.15) is 0 Å². The Bertz CT molecular complexity index is 608. The van der Waals surface area contributed by atoms with Crippen LogP contribution in [0.5, 0.6) is 0 Å². The van der Waals surface area contributed by atoms with Crippen molar-refractivity contribution < 1.29 is 0 Å². The molecule has 0 radical (unpaired) electrons. The van der Waals surface area contributed by atoms with Crippen LogP contribution in [0.3, 0.4) is 0 Å². The summed E-state index contributed by atoms with van der Waals surface area (Å²) in [6.07, 6.45) is 4.68. The SMILES string of the molecule is C=CCN(CC=C)Cc1ccccc1-c1nc(CCN)cs1. The predicted octanol–water partition coefficient (Wildman–Crippen LogP) is 3.49. The molecule has 116 valence electrons. The molecule has 1 heterocycles. The van der Waals surface area contributed by atoms with Crippen molar-refractivity contribution in [1.82, 2.24) is 9.88 Å². The minimum absolute atomic E-state index is 0.636. The summed E-state index contributed by atoms with van der Waals surface area (Å²) in [7, 11) is 0. The van der Waals surface area contributed by atoms with Gasteiger partial charge in [0.25, 0.3) is 0 Å². The molecule has 1 aromatic carbocycles. The van der Waals surface area contributed by atoms with Crippen molar-refractivity contribution in [1.29, 1.82) is 0 Å². The maximum absolute atomic E-state index is 5.61. The standard InChI is InChI=1S/C18H23N3S/c1-3-11-21(12-4-2)13-15-7-5-6-8-17(15)18-20-16(9-10-19)14-22-18/h3-8,14H,1-2,9-13,19H2. The van der Waals surface area contributed by atoms with E-state index in [1.807, 2.05) is 12.2 Å². The molecular weight excluding hydrogens is 290 g/mol. The van der Waals surface area contributed by atoms with E-state index in [1.165, 1.54) is 11.1 Å². The summed E-state index contributed by atoms with van der Waals surface area (Å²) >= 11 is 1.69. The Kier molecular flexibility index (Phi) is 6.52. The first-order chi connectivity index (χ1) is 10.8. The van der Waals surface area contributed by atoms with Gasteiger partial charge in [-0.25, -0.2) is 4.98 Å². The van der Waals surface area contributed by atoms with Crippen LogP contribution >= 0.6 is 11.3 Å². The number of thiazole rings is 1. The molecule has 0 fully saturated rings. The molecule has 3 nitrogen and oxygen atoms in total. The highest BCUT2D eigenvalue weighted by atomic mass is 32.1. The number of nitrogens with zero attached hydrogens (tertiary/aromatic N) is 2. The quantitative estimate of drug-likeness (QED) is 0.721. The first-order valence-corrected chi connectivity index (χ1v) is 8.33. The summed E-state index contributed by atoms with van der Waals surface area (Å²) in [5.74, 6) is 0. The number of nitrogens with two attached hydrogens (primary N) is 1. The summed E-state index contributed by atoms with van der Waals surface area (Å²) in [5, 5.41) is 3.17. The molecule has 0 unspecified atom stereocenters. The van der Waals surface area contributed by atoms with E-state index in [9.17, 15) is 0 Å². The fourth-order valence-corrected chi connectivity index (χ4v) is 3.28. The van der Waals surface area contributed by atoms with Gasteiger partial charge >= 0.3 is 0 Å². The molecule has 2 rings (SSSR count). The molecule has 0 aliphatic heterocycles. The fourth-order valence-electron chi connectivity index (χ4n) is 2.37. The first kappa shape index (κ1) is 16.6. The van der Waals surface area contributed by atoms with E-state index in [0.717, 1.165) is 36.8 Å². The molecule has 0 atom stereocenters. The summed E-state index contributed by atoms with van der Waals surface area (Å²) in [5.41, 5.74) is 9.17. The van der Waals surface area contributed by atoms with Crippen LogP contribution in [-0.2, 0) is 13.0 Å². The third-order valence-corrected chi connectivity index (χ3v) is 4.29. The molecule has 0 saturated carbocycles. The number of rotatable bonds is 9. The van der Waals surface area contributed by atoms with E-state index in [4.69, 9.17) is 10.7 Å². The molecule has 4 heteroatoms. The Morgan fingerprint density at radius 1 is 1.18 bits per heavy atom. The van der Waals surface area contributed by atoms with E-state index in [1.54, 1.807) is 11.3 Å². The summed E-state index contributed by atoms with van der Waals surface area (Å²) < 4.78 is 0. The molecule has 2 aromatic rings. The largest absolute Gasteiger partial charge is 0.330 e. The fraction of sp³-hybridized carbons (Fsp3) is 0.278. The minimum Gasteiger partial charge on any atom is -0.330 e. The third kappa shape index (κ3) is 4.37. The highest BCUT2D eigenvalue weighted by Gasteiger charge is 2.11. The first-order valence-electron chi connectivity index (χ1n) is 7.45. The van der Waals surface area contributed by atoms with Gasteiger partial charge in [-0.05, 0) is 12.1 Å². The van der Waals surface area contributed by atoms with Crippen molar-refractivity contribution in [3.63, 3.8) is 0 Å². The van der Waals surface area contributed by atoms with Gasteiger partial charge in [-0.3, -0.25) is 4.90 Å². The van der Waals surface area contributed by atoms with Gasteiger partial charge in [-0.1, -0.05) is 36.4 Å².